The molecule has 0 fully saturated rings. The Hall–Kier alpha value is -2.07. The van der Waals surface area contributed by atoms with Crippen molar-refractivity contribution in [1.29, 1.82) is 0 Å². The minimum atomic E-state index is -0.724. The fourth-order valence-corrected chi connectivity index (χ4v) is 2.45. The molecule has 0 bridgehead atoms. The maximum atomic E-state index is 13.1. The molecule has 1 heterocycles. The number of nitrogens with two attached hydrogens (primary N) is 1. The van der Waals surface area contributed by atoms with Gasteiger partial charge in [-0.2, -0.15) is 0 Å². The number of hydrogen-bond acceptors (Lipinski definition) is 3. The van der Waals surface area contributed by atoms with Crippen molar-refractivity contribution in [3.63, 3.8) is 0 Å². The zero-order valence-corrected chi connectivity index (χ0v) is 11.9. The van der Waals surface area contributed by atoms with Gasteiger partial charge in [-0.3, -0.25) is 0 Å². The smallest absolute Gasteiger partial charge is 0.161 e. The van der Waals surface area contributed by atoms with Crippen LogP contribution in [0.1, 0.15) is 24.5 Å². The molecule has 2 aromatic carbocycles. The fraction of sp³-hybridized carbons (Fsp3) is 0.294. The average Bonchev–Trinajstić information content (AvgIpc) is 2.72. The lowest BCUT2D eigenvalue weighted by Crippen LogP contribution is -2.34. The van der Waals surface area contributed by atoms with Crippen LogP contribution in [-0.2, 0) is 5.54 Å². The zero-order chi connectivity index (χ0) is 14.9. The average molecular weight is 287 g/mol. The first-order valence-electron chi connectivity index (χ1n) is 7.02. The van der Waals surface area contributed by atoms with Crippen molar-refractivity contribution in [1.82, 2.24) is 0 Å². The Morgan fingerprint density at radius 3 is 2.29 bits per heavy atom. The Bertz CT molecular complexity index is 638. The van der Waals surface area contributed by atoms with Gasteiger partial charge in [-0.25, -0.2) is 4.39 Å². The van der Waals surface area contributed by atoms with Crippen molar-refractivity contribution < 1.29 is 13.9 Å². The van der Waals surface area contributed by atoms with Gasteiger partial charge in [-0.15, -0.1) is 0 Å². The summed E-state index contributed by atoms with van der Waals surface area (Å²) < 4.78 is 24.4. The number of halogens is 1. The van der Waals surface area contributed by atoms with E-state index in [1.165, 1.54) is 12.1 Å². The van der Waals surface area contributed by atoms with E-state index in [1.807, 2.05) is 25.1 Å². The molecule has 0 saturated carbocycles. The van der Waals surface area contributed by atoms with Crippen LogP contribution in [0.15, 0.2) is 42.5 Å². The van der Waals surface area contributed by atoms with E-state index < -0.39 is 5.54 Å². The summed E-state index contributed by atoms with van der Waals surface area (Å²) >= 11 is 0. The molecule has 2 aromatic rings. The summed E-state index contributed by atoms with van der Waals surface area (Å²) in [6.45, 7) is 3.19. The molecule has 3 rings (SSSR count). The van der Waals surface area contributed by atoms with Crippen LogP contribution in [0.5, 0.6) is 11.5 Å². The van der Waals surface area contributed by atoms with Crippen LogP contribution in [0, 0.1) is 5.82 Å². The second kappa shape index (κ2) is 5.37. The molecule has 1 aliphatic heterocycles. The highest BCUT2D eigenvalue weighted by Gasteiger charge is 2.25. The van der Waals surface area contributed by atoms with Crippen molar-refractivity contribution in [3.05, 3.63) is 59.4 Å². The minimum absolute atomic E-state index is 0.270. The lowest BCUT2D eigenvalue weighted by molar-refractivity contribution is 0.297. The summed E-state index contributed by atoms with van der Waals surface area (Å²) in [5, 5.41) is 0. The van der Waals surface area contributed by atoms with E-state index >= 15 is 0 Å². The van der Waals surface area contributed by atoms with Crippen molar-refractivity contribution in [2.45, 2.75) is 18.9 Å². The van der Waals surface area contributed by atoms with E-state index in [2.05, 4.69) is 0 Å². The predicted molar refractivity (Wildman–Crippen MR) is 79.1 cm³/mol. The molecule has 2 N–H and O–H groups in total. The molecule has 1 aliphatic rings. The summed E-state index contributed by atoms with van der Waals surface area (Å²) in [6, 6.07) is 12.0. The molecule has 0 aliphatic carbocycles. The lowest BCUT2D eigenvalue weighted by Gasteiger charge is -2.26. The highest BCUT2D eigenvalue weighted by atomic mass is 19.1. The van der Waals surface area contributed by atoms with Crippen molar-refractivity contribution in [2.75, 3.05) is 13.2 Å². The normalized spacial score (nSPS) is 16.9. The summed E-state index contributed by atoms with van der Waals surface area (Å²) in [5.74, 6) is 1.18. The summed E-state index contributed by atoms with van der Waals surface area (Å²) in [7, 11) is 0. The molecule has 4 heteroatoms. The van der Waals surface area contributed by atoms with Crippen molar-refractivity contribution in [3.8, 4) is 11.5 Å². The maximum absolute atomic E-state index is 13.1. The molecule has 1 atom stereocenters. The molecule has 3 nitrogen and oxygen atoms in total. The first-order valence-corrected chi connectivity index (χ1v) is 7.02. The Morgan fingerprint density at radius 2 is 1.57 bits per heavy atom. The van der Waals surface area contributed by atoms with Crippen LogP contribution in [0.25, 0.3) is 0 Å². The van der Waals surface area contributed by atoms with Gasteiger partial charge in [0.15, 0.2) is 11.5 Å². The summed E-state index contributed by atoms with van der Waals surface area (Å²) in [4.78, 5) is 0. The molecule has 21 heavy (non-hydrogen) atoms. The van der Waals surface area contributed by atoms with Gasteiger partial charge in [0.2, 0.25) is 0 Å². The van der Waals surface area contributed by atoms with Crippen molar-refractivity contribution in [2.24, 2.45) is 5.73 Å². The fourth-order valence-electron chi connectivity index (χ4n) is 2.45. The van der Waals surface area contributed by atoms with Gasteiger partial charge in [-0.05, 0) is 42.3 Å². The van der Waals surface area contributed by atoms with Gasteiger partial charge in [0.1, 0.15) is 5.82 Å². The van der Waals surface area contributed by atoms with Crippen LogP contribution in [0.2, 0.25) is 0 Å². The maximum Gasteiger partial charge on any atom is 0.161 e. The highest BCUT2D eigenvalue weighted by Crippen LogP contribution is 2.35. The number of benzene rings is 2. The van der Waals surface area contributed by atoms with Gasteiger partial charge in [0, 0.05) is 6.42 Å². The van der Waals surface area contributed by atoms with E-state index in [4.69, 9.17) is 15.2 Å². The third-order valence-corrected chi connectivity index (χ3v) is 3.79. The van der Waals surface area contributed by atoms with Crippen molar-refractivity contribution >= 4 is 0 Å². The van der Waals surface area contributed by atoms with Crippen LogP contribution in [-0.4, -0.2) is 13.2 Å². The lowest BCUT2D eigenvalue weighted by atomic mass is 9.85. The SMILES string of the molecule is CC(N)(c1ccc(F)cc1)c1ccc2c(c1)OCCCO2. The van der Waals surface area contributed by atoms with E-state index in [1.54, 1.807) is 12.1 Å². The first-order chi connectivity index (χ1) is 10.1. The second-order valence-corrected chi connectivity index (χ2v) is 5.42. The van der Waals surface area contributed by atoms with Gasteiger partial charge < -0.3 is 15.2 Å². The molecule has 0 amide bonds. The van der Waals surface area contributed by atoms with E-state index in [-0.39, 0.29) is 5.82 Å². The molecular formula is C17H18FNO2. The minimum Gasteiger partial charge on any atom is -0.490 e. The topological polar surface area (TPSA) is 44.5 Å². The molecule has 0 radical (unpaired) electrons. The molecule has 0 spiro atoms. The number of fused-ring (bicyclic) bond motifs is 1. The first kappa shape index (κ1) is 13.9. The molecular weight excluding hydrogens is 269 g/mol. The Labute approximate surface area is 123 Å². The number of ether oxygens (including phenoxy) is 2. The molecule has 110 valence electrons. The second-order valence-electron chi connectivity index (χ2n) is 5.42. The standard InChI is InChI=1S/C17H18FNO2/c1-17(19,12-3-6-14(18)7-4-12)13-5-8-15-16(11-13)21-10-2-9-20-15/h3-8,11H,2,9-10,19H2,1H3. The summed E-state index contributed by atoms with van der Waals surface area (Å²) in [5.41, 5.74) is 7.49. The van der Waals surface area contributed by atoms with Gasteiger partial charge >= 0.3 is 0 Å². The largest absolute Gasteiger partial charge is 0.490 e. The quantitative estimate of drug-likeness (QED) is 0.922. The Balaban J connectivity index is 1.98. The summed E-state index contributed by atoms with van der Waals surface area (Å²) in [6.07, 6.45) is 0.863. The predicted octanol–water partition coefficient (Wildman–Crippen LogP) is 3.21. The third-order valence-electron chi connectivity index (χ3n) is 3.79. The van der Waals surface area contributed by atoms with Crippen LogP contribution < -0.4 is 15.2 Å². The van der Waals surface area contributed by atoms with Gasteiger partial charge in [0.05, 0.1) is 18.8 Å². The molecule has 0 aromatic heterocycles. The van der Waals surface area contributed by atoms with Crippen LogP contribution >= 0.6 is 0 Å². The third kappa shape index (κ3) is 2.72. The Kier molecular flexibility index (Phi) is 3.55. The monoisotopic (exact) mass is 287 g/mol. The number of hydrogen-bond donors (Lipinski definition) is 1. The van der Waals surface area contributed by atoms with Gasteiger partial charge in [0.25, 0.3) is 0 Å². The van der Waals surface area contributed by atoms with E-state index in [0.717, 1.165) is 23.3 Å². The highest BCUT2D eigenvalue weighted by molar-refractivity contribution is 5.48. The van der Waals surface area contributed by atoms with Crippen LogP contribution in [0.3, 0.4) is 0 Å². The Morgan fingerprint density at radius 1 is 0.952 bits per heavy atom. The zero-order valence-electron chi connectivity index (χ0n) is 11.9. The molecule has 1 unspecified atom stereocenters. The number of rotatable bonds is 2. The molecule has 0 saturated heterocycles. The van der Waals surface area contributed by atoms with Gasteiger partial charge in [-0.1, -0.05) is 18.2 Å². The van der Waals surface area contributed by atoms with E-state index in [0.29, 0.717) is 19.0 Å². The van der Waals surface area contributed by atoms with E-state index in [9.17, 15) is 4.39 Å². The van der Waals surface area contributed by atoms with Crippen LogP contribution in [0.4, 0.5) is 4.39 Å².